The topological polar surface area (TPSA) is 84.8 Å². The molecule has 7 heteroatoms. The van der Waals surface area contributed by atoms with Crippen molar-refractivity contribution in [2.45, 2.75) is 18.9 Å². The molecule has 0 spiro atoms. The van der Waals surface area contributed by atoms with Crippen LogP contribution in [0.15, 0.2) is 11.1 Å². The lowest BCUT2D eigenvalue weighted by atomic mass is 10.1. The molecule has 1 aromatic heterocycles. The van der Waals surface area contributed by atoms with Crippen LogP contribution in [0.4, 0.5) is 5.82 Å². The first-order valence-electron chi connectivity index (χ1n) is 5.79. The molecule has 2 rings (SSSR count). The number of H-pyrrole nitrogens is 1. The van der Waals surface area contributed by atoms with Crippen LogP contribution < -0.4 is 10.9 Å². The van der Waals surface area contributed by atoms with E-state index in [-0.39, 0.29) is 16.6 Å². The maximum Gasteiger partial charge on any atom is 0.271 e. The highest BCUT2D eigenvalue weighted by molar-refractivity contribution is 6.32. The normalized spacial score (nSPS) is 17.3. The fraction of sp³-hybridized carbons (Fsp3) is 0.545. The summed E-state index contributed by atoms with van der Waals surface area (Å²) >= 11 is 5.87. The lowest BCUT2D eigenvalue weighted by Gasteiger charge is -2.30. The minimum Gasteiger partial charge on any atom is -0.366 e. The van der Waals surface area contributed by atoms with E-state index in [9.17, 15) is 4.79 Å². The zero-order chi connectivity index (χ0) is 13.0. The molecule has 0 unspecified atom stereocenters. The van der Waals surface area contributed by atoms with Crippen molar-refractivity contribution in [2.75, 3.05) is 25.0 Å². The van der Waals surface area contributed by atoms with Gasteiger partial charge in [0.05, 0.1) is 18.9 Å². The molecular weight excluding hydrogens is 254 g/mol. The van der Waals surface area contributed by atoms with E-state index in [2.05, 4.69) is 26.3 Å². The Hall–Kier alpha value is -1.58. The number of hydrogen-bond acceptors (Lipinski definition) is 5. The molecule has 96 valence electrons. The van der Waals surface area contributed by atoms with E-state index in [1.807, 2.05) is 0 Å². The first-order chi connectivity index (χ1) is 8.70. The summed E-state index contributed by atoms with van der Waals surface area (Å²) in [6.07, 6.45) is 3.15. The van der Waals surface area contributed by atoms with Crippen molar-refractivity contribution in [1.82, 2.24) is 14.9 Å². The van der Waals surface area contributed by atoms with Gasteiger partial charge in [0.25, 0.3) is 5.56 Å². The predicted molar refractivity (Wildman–Crippen MR) is 68.6 cm³/mol. The number of aromatic amines is 1. The molecule has 0 aromatic carbocycles. The zero-order valence-corrected chi connectivity index (χ0v) is 10.6. The minimum absolute atomic E-state index is 0.0944. The molecule has 0 aliphatic carbocycles. The largest absolute Gasteiger partial charge is 0.366 e. The SMILES string of the molecule is N#CCN1CCC(Nc2nc[nH]c(=O)c2Cl)CC1. The zero-order valence-electron chi connectivity index (χ0n) is 9.82. The molecule has 0 radical (unpaired) electrons. The van der Waals surface area contributed by atoms with E-state index in [1.54, 1.807) is 0 Å². The Labute approximate surface area is 110 Å². The fourth-order valence-corrected chi connectivity index (χ4v) is 2.17. The molecule has 1 aliphatic heterocycles. The molecule has 1 fully saturated rings. The van der Waals surface area contributed by atoms with E-state index in [1.165, 1.54) is 6.33 Å². The Kier molecular flexibility index (Phi) is 4.18. The van der Waals surface area contributed by atoms with Gasteiger partial charge in [0.15, 0.2) is 5.82 Å². The second-order valence-electron chi connectivity index (χ2n) is 4.25. The standard InChI is InChI=1S/C11H14ClN5O/c12-9-10(14-7-15-11(9)18)16-8-1-4-17(5-2-8)6-3-13/h7-8H,1-2,4-6H2,(H2,14,15,16,18). The molecule has 1 aliphatic rings. The average molecular weight is 268 g/mol. The number of aromatic nitrogens is 2. The highest BCUT2D eigenvalue weighted by Gasteiger charge is 2.20. The van der Waals surface area contributed by atoms with Crippen molar-refractivity contribution in [3.63, 3.8) is 0 Å². The molecule has 0 bridgehead atoms. The van der Waals surface area contributed by atoms with Gasteiger partial charge in [0.2, 0.25) is 0 Å². The van der Waals surface area contributed by atoms with Gasteiger partial charge in [0, 0.05) is 19.1 Å². The Balaban J connectivity index is 1.94. The lowest BCUT2D eigenvalue weighted by molar-refractivity contribution is 0.242. The van der Waals surface area contributed by atoms with Gasteiger partial charge in [-0.1, -0.05) is 11.6 Å². The van der Waals surface area contributed by atoms with E-state index in [0.29, 0.717) is 12.4 Å². The number of nitriles is 1. The number of nitrogens with one attached hydrogen (secondary N) is 2. The van der Waals surface area contributed by atoms with Crippen LogP contribution in [0.2, 0.25) is 5.02 Å². The van der Waals surface area contributed by atoms with Crippen LogP contribution in [0.1, 0.15) is 12.8 Å². The molecule has 0 atom stereocenters. The fourth-order valence-electron chi connectivity index (χ4n) is 2.01. The third-order valence-electron chi connectivity index (χ3n) is 3.02. The summed E-state index contributed by atoms with van der Waals surface area (Å²) in [5.41, 5.74) is -0.337. The van der Waals surface area contributed by atoms with Crippen LogP contribution >= 0.6 is 11.6 Å². The number of nitrogens with zero attached hydrogens (tertiary/aromatic N) is 3. The lowest BCUT2D eigenvalue weighted by Crippen LogP contribution is -2.39. The summed E-state index contributed by atoms with van der Waals surface area (Å²) in [6, 6.07) is 2.39. The van der Waals surface area contributed by atoms with Gasteiger partial charge in [-0.2, -0.15) is 5.26 Å². The van der Waals surface area contributed by atoms with Gasteiger partial charge in [-0.3, -0.25) is 9.69 Å². The molecule has 18 heavy (non-hydrogen) atoms. The highest BCUT2D eigenvalue weighted by Crippen LogP contribution is 2.18. The predicted octanol–water partition coefficient (Wildman–Crippen LogP) is 0.823. The first kappa shape index (κ1) is 12.9. The van der Waals surface area contributed by atoms with Crippen molar-refractivity contribution < 1.29 is 0 Å². The van der Waals surface area contributed by atoms with Gasteiger partial charge in [0.1, 0.15) is 5.02 Å². The van der Waals surface area contributed by atoms with Gasteiger partial charge < -0.3 is 10.3 Å². The van der Waals surface area contributed by atoms with Crippen molar-refractivity contribution >= 4 is 17.4 Å². The van der Waals surface area contributed by atoms with Crippen molar-refractivity contribution in [3.8, 4) is 6.07 Å². The summed E-state index contributed by atoms with van der Waals surface area (Å²) in [6.45, 7) is 2.20. The summed E-state index contributed by atoms with van der Waals surface area (Å²) in [5.74, 6) is 0.430. The molecular formula is C11H14ClN5O. The number of halogens is 1. The Morgan fingerprint density at radius 1 is 1.61 bits per heavy atom. The minimum atomic E-state index is -0.337. The summed E-state index contributed by atoms with van der Waals surface area (Å²) in [7, 11) is 0. The number of anilines is 1. The molecule has 1 saturated heterocycles. The molecule has 0 amide bonds. The summed E-state index contributed by atoms with van der Waals surface area (Å²) in [4.78, 5) is 19.9. The maximum atomic E-state index is 11.3. The monoisotopic (exact) mass is 267 g/mol. The Morgan fingerprint density at radius 3 is 3.00 bits per heavy atom. The van der Waals surface area contributed by atoms with Crippen LogP contribution in [0, 0.1) is 11.3 Å². The Morgan fingerprint density at radius 2 is 2.33 bits per heavy atom. The van der Waals surface area contributed by atoms with Crippen LogP contribution in [0.25, 0.3) is 0 Å². The van der Waals surface area contributed by atoms with E-state index >= 15 is 0 Å². The molecule has 2 N–H and O–H groups in total. The van der Waals surface area contributed by atoms with Crippen LogP contribution in [-0.2, 0) is 0 Å². The van der Waals surface area contributed by atoms with Crippen LogP contribution in [0.5, 0.6) is 0 Å². The number of rotatable bonds is 3. The number of piperidine rings is 1. The molecule has 1 aromatic rings. The van der Waals surface area contributed by atoms with E-state index in [4.69, 9.17) is 16.9 Å². The smallest absolute Gasteiger partial charge is 0.271 e. The summed E-state index contributed by atoms with van der Waals surface area (Å²) < 4.78 is 0. The highest BCUT2D eigenvalue weighted by atomic mass is 35.5. The quantitative estimate of drug-likeness (QED) is 0.792. The van der Waals surface area contributed by atoms with E-state index < -0.39 is 0 Å². The van der Waals surface area contributed by atoms with Crippen molar-refractivity contribution in [2.24, 2.45) is 0 Å². The first-order valence-corrected chi connectivity index (χ1v) is 6.17. The Bertz CT molecular complexity index is 501. The summed E-state index contributed by atoms with van der Waals surface area (Å²) in [5, 5.41) is 11.9. The van der Waals surface area contributed by atoms with Gasteiger partial charge in [-0.05, 0) is 12.8 Å². The molecule has 2 heterocycles. The van der Waals surface area contributed by atoms with Crippen molar-refractivity contribution in [3.05, 3.63) is 21.7 Å². The van der Waals surface area contributed by atoms with Gasteiger partial charge in [-0.15, -0.1) is 0 Å². The van der Waals surface area contributed by atoms with Crippen molar-refractivity contribution in [1.29, 1.82) is 5.26 Å². The van der Waals surface area contributed by atoms with E-state index in [0.717, 1.165) is 25.9 Å². The van der Waals surface area contributed by atoms with Crippen LogP contribution in [0.3, 0.4) is 0 Å². The third-order valence-corrected chi connectivity index (χ3v) is 3.37. The molecule has 6 nitrogen and oxygen atoms in total. The van der Waals surface area contributed by atoms with Crippen LogP contribution in [-0.4, -0.2) is 40.5 Å². The number of likely N-dealkylation sites (tertiary alicyclic amines) is 1. The number of hydrogen-bond donors (Lipinski definition) is 2. The second-order valence-corrected chi connectivity index (χ2v) is 4.63. The second kappa shape index (κ2) is 5.85. The van der Waals surface area contributed by atoms with Gasteiger partial charge >= 0.3 is 0 Å². The maximum absolute atomic E-state index is 11.3. The molecule has 0 saturated carbocycles. The average Bonchev–Trinajstić information content (AvgIpc) is 2.38. The van der Waals surface area contributed by atoms with Gasteiger partial charge in [-0.25, -0.2) is 4.98 Å². The third kappa shape index (κ3) is 3.00.